The van der Waals surface area contributed by atoms with Gasteiger partial charge < -0.3 is 19.9 Å². The number of hydrogen-bond acceptors (Lipinski definition) is 8. The second-order valence-corrected chi connectivity index (χ2v) is 4.52. The molecule has 0 unspecified atom stereocenters. The van der Waals surface area contributed by atoms with E-state index in [0.29, 0.717) is 31.1 Å². The van der Waals surface area contributed by atoms with Gasteiger partial charge in [0.1, 0.15) is 5.76 Å². The highest BCUT2D eigenvalue weighted by Gasteiger charge is 2.11. The van der Waals surface area contributed by atoms with Crippen molar-refractivity contribution in [1.82, 2.24) is 20.1 Å². The van der Waals surface area contributed by atoms with E-state index in [1.54, 1.807) is 7.05 Å². The Morgan fingerprint density at radius 2 is 1.90 bits per heavy atom. The quantitative estimate of drug-likeness (QED) is 0.798. The summed E-state index contributed by atoms with van der Waals surface area (Å²) in [6.45, 7) is 6.89. The van der Waals surface area contributed by atoms with Crippen molar-refractivity contribution in [3.05, 3.63) is 17.0 Å². The van der Waals surface area contributed by atoms with Crippen LogP contribution in [0.15, 0.2) is 4.52 Å². The van der Waals surface area contributed by atoms with Gasteiger partial charge in [-0.15, -0.1) is 0 Å². The maximum Gasteiger partial charge on any atom is 0.323 e. The first-order valence-corrected chi connectivity index (χ1v) is 6.86. The van der Waals surface area contributed by atoms with E-state index in [0.717, 1.165) is 23.4 Å². The number of nitrogens with zero attached hydrogens (tertiary/aromatic N) is 4. The van der Waals surface area contributed by atoms with E-state index in [4.69, 9.17) is 9.26 Å². The molecular weight excluding hydrogens is 272 g/mol. The fraction of sp³-hybridized carbons (Fsp3) is 0.538. The van der Waals surface area contributed by atoms with Gasteiger partial charge in [0.15, 0.2) is 0 Å². The fourth-order valence-corrected chi connectivity index (χ4v) is 1.73. The summed E-state index contributed by atoms with van der Waals surface area (Å²) in [6.07, 6.45) is 0.891. The Labute approximate surface area is 123 Å². The number of rotatable bonds is 7. The Morgan fingerprint density at radius 3 is 2.52 bits per heavy atom. The number of hydrogen-bond donors (Lipinski definition) is 2. The molecule has 0 aliphatic rings. The monoisotopic (exact) mass is 292 g/mol. The van der Waals surface area contributed by atoms with Crippen molar-refractivity contribution in [2.24, 2.45) is 0 Å². The van der Waals surface area contributed by atoms with Gasteiger partial charge in [-0.05, 0) is 20.3 Å². The third kappa shape index (κ3) is 3.80. The SMILES string of the molecule is CCCOc1nc(NC)nc(NCc2c(C)noc2C)n1. The number of aryl methyl sites for hydroxylation is 2. The van der Waals surface area contributed by atoms with E-state index in [1.807, 2.05) is 20.8 Å². The zero-order valence-corrected chi connectivity index (χ0v) is 12.7. The second-order valence-electron chi connectivity index (χ2n) is 4.52. The Bertz CT molecular complexity index is 579. The van der Waals surface area contributed by atoms with Crippen LogP contribution in [0.4, 0.5) is 11.9 Å². The van der Waals surface area contributed by atoms with Gasteiger partial charge in [-0.2, -0.15) is 15.0 Å². The van der Waals surface area contributed by atoms with Crippen molar-refractivity contribution in [3.8, 4) is 6.01 Å². The molecule has 0 aromatic carbocycles. The lowest BCUT2D eigenvalue weighted by Gasteiger charge is -2.08. The molecule has 8 nitrogen and oxygen atoms in total. The predicted molar refractivity (Wildman–Crippen MR) is 78.5 cm³/mol. The predicted octanol–water partition coefficient (Wildman–Crippen LogP) is 1.92. The maximum atomic E-state index is 5.45. The molecular formula is C13H20N6O2. The summed E-state index contributed by atoms with van der Waals surface area (Å²) in [4.78, 5) is 12.6. The van der Waals surface area contributed by atoms with Crippen molar-refractivity contribution in [2.75, 3.05) is 24.3 Å². The lowest BCUT2D eigenvalue weighted by atomic mass is 10.2. The number of anilines is 2. The Kier molecular flexibility index (Phi) is 4.91. The molecule has 0 saturated carbocycles. The molecule has 0 fully saturated rings. The van der Waals surface area contributed by atoms with Crippen molar-refractivity contribution in [2.45, 2.75) is 33.7 Å². The summed E-state index contributed by atoms with van der Waals surface area (Å²) in [5.74, 6) is 1.68. The van der Waals surface area contributed by atoms with Crippen molar-refractivity contribution in [3.63, 3.8) is 0 Å². The highest BCUT2D eigenvalue weighted by atomic mass is 16.5. The van der Waals surface area contributed by atoms with E-state index in [2.05, 4.69) is 30.7 Å². The number of nitrogens with one attached hydrogen (secondary N) is 2. The first-order valence-electron chi connectivity index (χ1n) is 6.86. The van der Waals surface area contributed by atoms with Crippen LogP contribution >= 0.6 is 0 Å². The summed E-state index contributed by atoms with van der Waals surface area (Å²) in [5.41, 5.74) is 1.85. The van der Waals surface area contributed by atoms with E-state index < -0.39 is 0 Å². The Hall–Kier alpha value is -2.38. The summed E-state index contributed by atoms with van der Waals surface area (Å²) in [5, 5.41) is 9.94. The minimum absolute atomic E-state index is 0.303. The molecule has 0 aliphatic carbocycles. The van der Waals surface area contributed by atoms with Crippen molar-refractivity contribution in [1.29, 1.82) is 0 Å². The zero-order chi connectivity index (χ0) is 15.2. The van der Waals surface area contributed by atoms with E-state index in [-0.39, 0.29) is 0 Å². The topological polar surface area (TPSA) is 98.0 Å². The molecule has 2 aromatic rings. The molecule has 0 spiro atoms. The van der Waals surface area contributed by atoms with Crippen LogP contribution in [-0.2, 0) is 6.54 Å². The van der Waals surface area contributed by atoms with Crippen LogP contribution in [0.5, 0.6) is 6.01 Å². The van der Waals surface area contributed by atoms with E-state index in [1.165, 1.54) is 0 Å². The molecule has 2 aromatic heterocycles. The normalized spacial score (nSPS) is 10.5. The summed E-state index contributed by atoms with van der Waals surface area (Å²) in [7, 11) is 1.75. The van der Waals surface area contributed by atoms with Gasteiger partial charge in [0.25, 0.3) is 0 Å². The Balaban J connectivity index is 2.11. The standard InChI is InChI=1S/C13H20N6O2/c1-5-6-20-13-17-11(14-4)16-12(18-13)15-7-10-8(2)19-21-9(10)3/h5-7H2,1-4H3,(H2,14,15,16,17,18). The minimum Gasteiger partial charge on any atom is -0.463 e. The number of ether oxygens (including phenoxy) is 1. The molecule has 8 heteroatoms. The van der Waals surface area contributed by atoms with Gasteiger partial charge in [-0.25, -0.2) is 0 Å². The highest BCUT2D eigenvalue weighted by molar-refractivity contribution is 5.37. The minimum atomic E-state index is 0.303. The van der Waals surface area contributed by atoms with Crippen molar-refractivity contribution < 1.29 is 9.26 Å². The van der Waals surface area contributed by atoms with Crippen LogP contribution in [0.3, 0.4) is 0 Å². The average Bonchev–Trinajstić information content (AvgIpc) is 2.81. The molecule has 0 amide bonds. The third-order valence-electron chi connectivity index (χ3n) is 2.88. The van der Waals surface area contributed by atoms with Crippen LogP contribution in [0, 0.1) is 13.8 Å². The molecule has 114 valence electrons. The molecule has 2 rings (SSSR count). The lowest BCUT2D eigenvalue weighted by Crippen LogP contribution is -2.10. The Morgan fingerprint density at radius 1 is 1.14 bits per heavy atom. The molecule has 0 atom stereocenters. The molecule has 0 radical (unpaired) electrons. The average molecular weight is 292 g/mol. The number of aromatic nitrogens is 4. The molecule has 0 saturated heterocycles. The fourth-order valence-electron chi connectivity index (χ4n) is 1.73. The molecule has 2 heterocycles. The van der Waals surface area contributed by atoms with Gasteiger partial charge in [0.2, 0.25) is 11.9 Å². The van der Waals surface area contributed by atoms with Crippen LogP contribution in [-0.4, -0.2) is 33.8 Å². The van der Waals surface area contributed by atoms with Crippen LogP contribution in [0.1, 0.15) is 30.4 Å². The highest BCUT2D eigenvalue weighted by Crippen LogP contribution is 2.15. The maximum absolute atomic E-state index is 5.45. The summed E-state index contributed by atoms with van der Waals surface area (Å²) in [6, 6.07) is 0.303. The van der Waals surface area contributed by atoms with E-state index in [9.17, 15) is 0 Å². The molecule has 0 bridgehead atoms. The van der Waals surface area contributed by atoms with Gasteiger partial charge in [0.05, 0.1) is 12.3 Å². The van der Waals surface area contributed by atoms with Gasteiger partial charge in [-0.1, -0.05) is 12.1 Å². The summed E-state index contributed by atoms with van der Waals surface area (Å²) >= 11 is 0. The summed E-state index contributed by atoms with van der Waals surface area (Å²) < 4.78 is 10.6. The second kappa shape index (κ2) is 6.87. The largest absolute Gasteiger partial charge is 0.463 e. The first kappa shape index (κ1) is 15.0. The lowest BCUT2D eigenvalue weighted by molar-refractivity contribution is 0.292. The van der Waals surface area contributed by atoms with Crippen LogP contribution in [0.2, 0.25) is 0 Å². The van der Waals surface area contributed by atoms with Crippen molar-refractivity contribution >= 4 is 11.9 Å². The van der Waals surface area contributed by atoms with Crippen LogP contribution < -0.4 is 15.4 Å². The smallest absolute Gasteiger partial charge is 0.323 e. The molecule has 0 aliphatic heterocycles. The third-order valence-corrected chi connectivity index (χ3v) is 2.88. The van der Waals surface area contributed by atoms with Crippen LogP contribution in [0.25, 0.3) is 0 Å². The zero-order valence-electron chi connectivity index (χ0n) is 12.7. The first-order chi connectivity index (χ1) is 10.1. The van der Waals surface area contributed by atoms with Gasteiger partial charge >= 0.3 is 6.01 Å². The van der Waals surface area contributed by atoms with Gasteiger partial charge in [0, 0.05) is 19.2 Å². The van der Waals surface area contributed by atoms with E-state index >= 15 is 0 Å². The molecule has 2 N–H and O–H groups in total. The van der Waals surface area contributed by atoms with Gasteiger partial charge in [-0.3, -0.25) is 0 Å². The molecule has 21 heavy (non-hydrogen) atoms.